The van der Waals surface area contributed by atoms with Gasteiger partial charge in [-0.05, 0) is 15.9 Å². The SMILES string of the molecule is O=C(Cn1cncn1)Nc1cnc(Br)cn1. The largest absolute Gasteiger partial charge is 0.308 e. The molecule has 2 rings (SSSR count). The summed E-state index contributed by atoms with van der Waals surface area (Å²) in [4.78, 5) is 23.1. The molecular weight excluding hydrogens is 276 g/mol. The number of hydrogen-bond acceptors (Lipinski definition) is 5. The minimum Gasteiger partial charge on any atom is -0.308 e. The lowest BCUT2D eigenvalue weighted by molar-refractivity contribution is -0.116. The van der Waals surface area contributed by atoms with Crippen molar-refractivity contribution in [3.8, 4) is 0 Å². The maximum absolute atomic E-state index is 11.5. The predicted octanol–water partition coefficient (Wildman–Crippen LogP) is 0.469. The van der Waals surface area contributed by atoms with Crippen molar-refractivity contribution in [2.75, 3.05) is 5.32 Å². The molecule has 0 bridgehead atoms. The number of carbonyl (C=O) groups is 1. The molecule has 2 heterocycles. The minimum atomic E-state index is -0.234. The number of nitrogens with one attached hydrogen (secondary N) is 1. The van der Waals surface area contributed by atoms with Gasteiger partial charge in [-0.15, -0.1) is 0 Å². The highest BCUT2D eigenvalue weighted by atomic mass is 79.9. The summed E-state index contributed by atoms with van der Waals surface area (Å²) in [7, 11) is 0. The Morgan fingerprint density at radius 2 is 2.31 bits per heavy atom. The van der Waals surface area contributed by atoms with Crippen molar-refractivity contribution in [2.45, 2.75) is 6.54 Å². The maximum atomic E-state index is 11.5. The summed E-state index contributed by atoms with van der Waals surface area (Å²) in [5.74, 6) is 0.162. The third-order valence-electron chi connectivity index (χ3n) is 1.66. The summed E-state index contributed by atoms with van der Waals surface area (Å²) in [5.41, 5.74) is 0. The van der Waals surface area contributed by atoms with Gasteiger partial charge in [0.25, 0.3) is 0 Å². The van der Waals surface area contributed by atoms with Crippen LogP contribution in [0.3, 0.4) is 0 Å². The Kier molecular flexibility index (Phi) is 3.20. The molecule has 0 fully saturated rings. The van der Waals surface area contributed by atoms with E-state index in [9.17, 15) is 4.79 Å². The van der Waals surface area contributed by atoms with Crippen LogP contribution in [-0.4, -0.2) is 30.6 Å². The van der Waals surface area contributed by atoms with Crippen molar-refractivity contribution in [1.29, 1.82) is 0 Å². The molecular formula is C8H7BrN6O. The molecule has 82 valence electrons. The highest BCUT2D eigenvalue weighted by molar-refractivity contribution is 9.10. The van der Waals surface area contributed by atoms with E-state index in [0.717, 1.165) is 0 Å². The first-order chi connectivity index (χ1) is 7.74. The van der Waals surface area contributed by atoms with E-state index in [4.69, 9.17) is 0 Å². The fourth-order valence-corrected chi connectivity index (χ4v) is 1.23. The van der Waals surface area contributed by atoms with Crippen molar-refractivity contribution in [3.05, 3.63) is 29.7 Å². The van der Waals surface area contributed by atoms with E-state index in [1.807, 2.05) is 0 Å². The number of nitrogens with zero attached hydrogens (tertiary/aromatic N) is 5. The van der Waals surface area contributed by atoms with Crippen molar-refractivity contribution < 1.29 is 4.79 Å². The van der Waals surface area contributed by atoms with Crippen molar-refractivity contribution in [2.24, 2.45) is 0 Å². The summed E-state index contributed by atoms with van der Waals surface area (Å²) in [6.07, 6.45) is 5.80. The average Bonchev–Trinajstić information content (AvgIpc) is 2.74. The summed E-state index contributed by atoms with van der Waals surface area (Å²) in [6, 6.07) is 0. The molecule has 0 aromatic carbocycles. The van der Waals surface area contributed by atoms with Gasteiger partial charge in [0, 0.05) is 0 Å². The molecule has 0 unspecified atom stereocenters. The Balaban J connectivity index is 1.95. The van der Waals surface area contributed by atoms with E-state index < -0.39 is 0 Å². The smallest absolute Gasteiger partial charge is 0.247 e. The lowest BCUT2D eigenvalue weighted by Gasteiger charge is -2.03. The Morgan fingerprint density at radius 3 is 2.94 bits per heavy atom. The van der Waals surface area contributed by atoms with Gasteiger partial charge in [-0.3, -0.25) is 4.79 Å². The van der Waals surface area contributed by atoms with Crippen LogP contribution >= 0.6 is 15.9 Å². The van der Waals surface area contributed by atoms with Crippen LogP contribution in [0.25, 0.3) is 0 Å². The molecule has 0 saturated heterocycles. The number of hydrogen-bond donors (Lipinski definition) is 1. The van der Waals surface area contributed by atoms with Crippen LogP contribution in [0.1, 0.15) is 0 Å². The number of rotatable bonds is 3. The molecule has 1 N–H and O–H groups in total. The minimum absolute atomic E-state index is 0.0950. The standard InChI is InChI=1S/C8H7BrN6O/c9-6-1-12-7(2-11-6)14-8(16)3-15-5-10-4-13-15/h1-2,4-5H,3H2,(H,12,14,16). The lowest BCUT2D eigenvalue weighted by Crippen LogP contribution is -2.19. The van der Waals surface area contributed by atoms with Gasteiger partial charge in [-0.2, -0.15) is 5.10 Å². The van der Waals surface area contributed by atoms with E-state index in [1.54, 1.807) is 0 Å². The van der Waals surface area contributed by atoms with E-state index in [-0.39, 0.29) is 12.5 Å². The van der Waals surface area contributed by atoms with Crippen LogP contribution in [0.2, 0.25) is 0 Å². The fraction of sp³-hybridized carbons (Fsp3) is 0.125. The summed E-state index contributed by atoms with van der Waals surface area (Å²) < 4.78 is 2.03. The second-order valence-electron chi connectivity index (χ2n) is 2.87. The van der Waals surface area contributed by atoms with Gasteiger partial charge < -0.3 is 5.32 Å². The molecule has 0 saturated carbocycles. The molecule has 0 radical (unpaired) electrons. The zero-order chi connectivity index (χ0) is 11.4. The molecule has 16 heavy (non-hydrogen) atoms. The quantitative estimate of drug-likeness (QED) is 0.885. The third kappa shape index (κ3) is 2.83. The van der Waals surface area contributed by atoms with Crippen molar-refractivity contribution in [1.82, 2.24) is 24.7 Å². The Labute approximate surface area is 99.1 Å². The van der Waals surface area contributed by atoms with Crippen molar-refractivity contribution >= 4 is 27.7 Å². The first-order valence-corrected chi connectivity index (χ1v) is 5.13. The number of anilines is 1. The zero-order valence-electron chi connectivity index (χ0n) is 8.04. The topological polar surface area (TPSA) is 85.6 Å². The number of amides is 1. The molecule has 7 nitrogen and oxygen atoms in total. The van der Waals surface area contributed by atoms with Crippen LogP contribution in [-0.2, 0) is 11.3 Å². The number of halogens is 1. The number of aromatic nitrogens is 5. The molecule has 0 spiro atoms. The predicted molar refractivity (Wildman–Crippen MR) is 58.4 cm³/mol. The van der Waals surface area contributed by atoms with Crippen LogP contribution in [0.5, 0.6) is 0 Å². The second kappa shape index (κ2) is 4.79. The van der Waals surface area contributed by atoms with Gasteiger partial charge >= 0.3 is 0 Å². The van der Waals surface area contributed by atoms with E-state index in [2.05, 4.69) is 41.3 Å². The fourth-order valence-electron chi connectivity index (χ4n) is 1.02. The summed E-state index contributed by atoms with van der Waals surface area (Å²) >= 11 is 3.15. The highest BCUT2D eigenvalue weighted by Gasteiger charge is 2.04. The van der Waals surface area contributed by atoms with Gasteiger partial charge in [-0.25, -0.2) is 19.6 Å². The molecule has 0 aliphatic carbocycles. The molecule has 0 aliphatic rings. The summed E-state index contributed by atoms with van der Waals surface area (Å²) in [5, 5.41) is 6.40. The molecule has 0 aliphatic heterocycles. The van der Waals surface area contributed by atoms with E-state index >= 15 is 0 Å². The van der Waals surface area contributed by atoms with Crippen LogP contribution in [0, 0.1) is 0 Å². The lowest BCUT2D eigenvalue weighted by atomic mass is 10.5. The van der Waals surface area contributed by atoms with Crippen molar-refractivity contribution in [3.63, 3.8) is 0 Å². The maximum Gasteiger partial charge on any atom is 0.247 e. The molecule has 8 heteroatoms. The van der Waals surface area contributed by atoms with Gasteiger partial charge in [-0.1, -0.05) is 0 Å². The zero-order valence-corrected chi connectivity index (χ0v) is 9.62. The van der Waals surface area contributed by atoms with Crippen LogP contribution in [0.15, 0.2) is 29.7 Å². The molecule has 2 aromatic heterocycles. The Bertz CT molecular complexity index is 468. The van der Waals surface area contributed by atoms with Crippen LogP contribution in [0.4, 0.5) is 5.82 Å². The highest BCUT2D eigenvalue weighted by Crippen LogP contribution is 2.05. The molecule has 2 aromatic rings. The summed E-state index contributed by atoms with van der Waals surface area (Å²) in [6.45, 7) is 0.0950. The first-order valence-electron chi connectivity index (χ1n) is 4.34. The van der Waals surface area contributed by atoms with Gasteiger partial charge in [0.05, 0.1) is 12.4 Å². The van der Waals surface area contributed by atoms with E-state index in [1.165, 1.54) is 29.7 Å². The van der Waals surface area contributed by atoms with E-state index in [0.29, 0.717) is 10.4 Å². The second-order valence-corrected chi connectivity index (χ2v) is 3.68. The van der Waals surface area contributed by atoms with Gasteiger partial charge in [0.15, 0.2) is 5.82 Å². The monoisotopic (exact) mass is 282 g/mol. The van der Waals surface area contributed by atoms with Gasteiger partial charge in [0.1, 0.15) is 23.8 Å². The normalized spacial score (nSPS) is 10.1. The first kappa shape index (κ1) is 10.7. The average molecular weight is 283 g/mol. The Hall–Kier alpha value is -1.83. The molecule has 0 atom stereocenters. The van der Waals surface area contributed by atoms with Gasteiger partial charge in [0.2, 0.25) is 5.91 Å². The molecule has 1 amide bonds. The van der Waals surface area contributed by atoms with Crippen LogP contribution < -0.4 is 5.32 Å². The Morgan fingerprint density at radius 1 is 1.44 bits per heavy atom. The number of carbonyl (C=O) groups excluding carboxylic acids is 1. The third-order valence-corrected chi connectivity index (χ3v) is 2.07.